The van der Waals surface area contributed by atoms with Crippen molar-refractivity contribution in [1.82, 2.24) is 15.0 Å². The fraction of sp³-hybridized carbons (Fsp3) is 0.429. The minimum absolute atomic E-state index is 0.314. The van der Waals surface area contributed by atoms with Gasteiger partial charge < -0.3 is 10.6 Å². The number of hydrogen-bond acceptors (Lipinski definition) is 4. The molecule has 0 saturated carbocycles. The lowest BCUT2D eigenvalue weighted by molar-refractivity contribution is -0.661. The molecule has 4 N–H and O–H groups in total. The normalized spacial score (nSPS) is 16.9. The molecule has 0 radical (unpaired) electrons. The molecule has 0 unspecified atom stereocenters. The van der Waals surface area contributed by atoms with Crippen molar-refractivity contribution in [3.63, 3.8) is 0 Å². The van der Waals surface area contributed by atoms with Gasteiger partial charge >= 0.3 is 0 Å². The Bertz CT molecular complexity index is 680. The van der Waals surface area contributed by atoms with E-state index in [9.17, 15) is 8.42 Å². The molecule has 126 valence electrons. The van der Waals surface area contributed by atoms with E-state index in [1.54, 1.807) is 31.3 Å². The summed E-state index contributed by atoms with van der Waals surface area (Å²) in [7, 11) is -1.70. The van der Waals surface area contributed by atoms with Crippen LogP contribution < -0.4 is 16.1 Å². The number of rotatable bonds is 4. The van der Waals surface area contributed by atoms with E-state index < -0.39 is 10.0 Å². The minimum atomic E-state index is -3.41. The highest BCUT2D eigenvalue weighted by Crippen LogP contribution is 2.16. The summed E-state index contributed by atoms with van der Waals surface area (Å²) >= 11 is 4.95. The van der Waals surface area contributed by atoms with E-state index in [-0.39, 0.29) is 0 Å². The van der Waals surface area contributed by atoms with Crippen LogP contribution in [0.25, 0.3) is 0 Å². The summed E-state index contributed by atoms with van der Waals surface area (Å²) in [5.74, 6) is 0. The summed E-state index contributed by atoms with van der Waals surface area (Å²) in [6.45, 7) is 4.54. The van der Waals surface area contributed by atoms with Crippen LogP contribution in [0.5, 0.6) is 0 Å². The maximum atomic E-state index is 12.6. The van der Waals surface area contributed by atoms with Crippen molar-refractivity contribution in [3.8, 4) is 0 Å². The fourth-order valence-corrected chi connectivity index (χ4v) is 3.75. The van der Waals surface area contributed by atoms with E-state index in [0.717, 1.165) is 24.4 Å². The molecule has 1 aliphatic rings. The van der Waals surface area contributed by atoms with Gasteiger partial charge in [-0.05, 0) is 36.8 Å². The topological polar surface area (TPSA) is 90.4 Å². The average molecular weight is 356 g/mol. The smallest absolute Gasteiger partial charge is 0.243 e. The van der Waals surface area contributed by atoms with Gasteiger partial charge in [-0.1, -0.05) is 12.1 Å². The van der Waals surface area contributed by atoms with E-state index >= 15 is 0 Å². The highest BCUT2D eigenvalue weighted by molar-refractivity contribution is 7.89. The molecule has 0 atom stereocenters. The molecule has 0 aromatic heterocycles. The molecule has 9 heteroatoms. The van der Waals surface area contributed by atoms with Gasteiger partial charge in [-0.3, -0.25) is 5.43 Å². The first-order valence-corrected chi connectivity index (χ1v) is 9.24. The lowest BCUT2D eigenvalue weighted by Crippen LogP contribution is -2.89. The van der Waals surface area contributed by atoms with E-state index in [2.05, 4.69) is 21.2 Å². The molecule has 2 rings (SSSR count). The predicted octanol–water partition coefficient (Wildman–Crippen LogP) is -0.928. The Morgan fingerprint density at radius 3 is 2.43 bits per heavy atom. The summed E-state index contributed by atoms with van der Waals surface area (Å²) in [6, 6.07) is 6.76. The van der Waals surface area contributed by atoms with E-state index in [4.69, 9.17) is 12.2 Å². The van der Waals surface area contributed by atoms with Gasteiger partial charge in [-0.2, -0.15) is 9.41 Å². The third kappa shape index (κ3) is 4.47. The zero-order valence-electron chi connectivity index (χ0n) is 13.2. The third-order valence-electron chi connectivity index (χ3n) is 3.63. The van der Waals surface area contributed by atoms with Crippen LogP contribution in [0, 0.1) is 0 Å². The van der Waals surface area contributed by atoms with Gasteiger partial charge in [0, 0.05) is 7.05 Å². The lowest BCUT2D eigenvalue weighted by atomic mass is 10.1. The van der Waals surface area contributed by atoms with Gasteiger partial charge in [0.1, 0.15) is 0 Å². The number of nitrogens with two attached hydrogens (primary N) is 1. The molecule has 0 aliphatic carbocycles. The molecule has 0 bridgehead atoms. The van der Waals surface area contributed by atoms with Crippen LogP contribution in [0.1, 0.15) is 12.5 Å². The van der Waals surface area contributed by atoms with Crippen molar-refractivity contribution in [3.05, 3.63) is 29.8 Å². The first kappa shape index (κ1) is 17.8. The third-order valence-corrected chi connectivity index (χ3v) is 5.84. The zero-order chi connectivity index (χ0) is 16.9. The second-order valence-corrected chi connectivity index (χ2v) is 7.53. The van der Waals surface area contributed by atoms with Crippen LogP contribution in [0.3, 0.4) is 0 Å². The van der Waals surface area contributed by atoms with Crippen molar-refractivity contribution in [1.29, 1.82) is 0 Å². The summed E-state index contributed by atoms with van der Waals surface area (Å²) in [5.41, 5.74) is 4.26. The zero-order valence-corrected chi connectivity index (χ0v) is 14.9. The Hall–Kier alpha value is -1.55. The number of nitrogens with zero attached hydrogens (tertiary/aromatic N) is 2. The second-order valence-electron chi connectivity index (χ2n) is 5.18. The van der Waals surface area contributed by atoms with Crippen LogP contribution in [-0.2, 0) is 10.0 Å². The Morgan fingerprint density at radius 2 is 1.87 bits per heavy atom. The molecular weight excluding hydrogens is 334 g/mol. The molecule has 23 heavy (non-hydrogen) atoms. The number of nitrogens with one attached hydrogen (secondary N) is 2. The quantitative estimate of drug-likeness (QED) is 0.368. The van der Waals surface area contributed by atoms with Crippen molar-refractivity contribution < 1.29 is 13.7 Å². The Balaban J connectivity index is 2.14. The molecule has 7 nitrogen and oxygen atoms in total. The second kappa shape index (κ2) is 7.82. The lowest BCUT2D eigenvalue weighted by Gasteiger charge is -2.24. The minimum Gasteiger partial charge on any atom is -0.364 e. The molecule has 1 heterocycles. The van der Waals surface area contributed by atoms with Crippen LogP contribution >= 0.6 is 12.2 Å². The van der Waals surface area contributed by atoms with Gasteiger partial charge in [0.2, 0.25) is 10.0 Å². The number of hydrazone groups is 1. The first-order chi connectivity index (χ1) is 10.9. The number of piperazine rings is 1. The number of hydrogen-bond donors (Lipinski definition) is 3. The summed E-state index contributed by atoms with van der Waals surface area (Å²) < 4.78 is 26.7. The van der Waals surface area contributed by atoms with Crippen LogP contribution in [-0.4, -0.2) is 56.8 Å². The Labute approximate surface area is 142 Å². The molecule has 1 fully saturated rings. The maximum Gasteiger partial charge on any atom is 0.243 e. The molecule has 0 spiro atoms. The molecular formula is C14H22N5O2S2+. The van der Waals surface area contributed by atoms with Crippen LogP contribution in [0.4, 0.5) is 0 Å². The molecule has 1 aromatic carbocycles. The highest BCUT2D eigenvalue weighted by Gasteiger charge is 2.27. The monoisotopic (exact) mass is 356 g/mol. The summed E-state index contributed by atoms with van der Waals surface area (Å²) in [4.78, 5) is 0.314. The van der Waals surface area contributed by atoms with Crippen molar-refractivity contribution in [2.45, 2.75) is 11.8 Å². The maximum absolute atomic E-state index is 12.6. The Kier molecular flexibility index (Phi) is 6.05. The molecule has 1 saturated heterocycles. The molecule has 0 amide bonds. The Morgan fingerprint density at radius 1 is 1.26 bits per heavy atom. The number of benzene rings is 1. The molecule has 1 aliphatic heterocycles. The van der Waals surface area contributed by atoms with E-state index in [0.29, 0.717) is 23.1 Å². The van der Waals surface area contributed by atoms with E-state index in [1.807, 2.05) is 6.92 Å². The van der Waals surface area contributed by atoms with Crippen molar-refractivity contribution >= 4 is 33.1 Å². The summed E-state index contributed by atoms with van der Waals surface area (Å²) in [6.07, 6.45) is 0. The van der Waals surface area contributed by atoms with Crippen LogP contribution in [0.15, 0.2) is 34.3 Å². The van der Waals surface area contributed by atoms with Crippen molar-refractivity contribution in [2.75, 3.05) is 33.2 Å². The van der Waals surface area contributed by atoms with Gasteiger partial charge in [0.05, 0.1) is 36.8 Å². The predicted molar refractivity (Wildman–Crippen MR) is 93.9 cm³/mol. The molecule has 1 aromatic rings. The summed E-state index contributed by atoms with van der Waals surface area (Å²) in [5, 5.41) is 9.45. The number of quaternary nitrogens is 1. The van der Waals surface area contributed by atoms with Gasteiger partial charge in [0.25, 0.3) is 0 Å². The van der Waals surface area contributed by atoms with E-state index in [1.165, 1.54) is 4.31 Å². The largest absolute Gasteiger partial charge is 0.364 e. The fourth-order valence-electron chi connectivity index (χ4n) is 2.24. The first-order valence-electron chi connectivity index (χ1n) is 7.39. The number of thiocarbonyl (C=S) groups is 1. The van der Waals surface area contributed by atoms with Crippen molar-refractivity contribution in [2.24, 2.45) is 5.10 Å². The highest BCUT2D eigenvalue weighted by atomic mass is 32.2. The van der Waals surface area contributed by atoms with Gasteiger partial charge in [-0.25, -0.2) is 8.42 Å². The van der Waals surface area contributed by atoms with Gasteiger partial charge in [-0.15, -0.1) is 0 Å². The van der Waals surface area contributed by atoms with Crippen LogP contribution in [0.2, 0.25) is 0 Å². The SMILES string of the molecule is CNC(=S)N/N=C(/C)c1ccc(S(=O)(=O)N2CC[NH2+]CC2)cc1. The number of sulfonamides is 1. The average Bonchev–Trinajstić information content (AvgIpc) is 2.60. The van der Waals surface area contributed by atoms with Gasteiger partial charge in [0.15, 0.2) is 5.11 Å². The standard InChI is InChI=1S/C14H21N5O2S2/c1-11(17-18-14(22)15-2)12-3-5-13(6-4-12)23(20,21)19-9-7-16-8-10-19/h3-6,16H,7-10H2,1-2H3,(H2,15,18,22)/p+1/b17-11-.